The third-order valence-corrected chi connectivity index (χ3v) is 5.93. The molecule has 7 heteroatoms. The Bertz CT molecular complexity index is 1200. The molecule has 4 heterocycles. The largest absolute Gasteiger partial charge is 0.346 e. The second-order valence-electron chi connectivity index (χ2n) is 7.97. The van der Waals surface area contributed by atoms with Gasteiger partial charge in [0.1, 0.15) is 5.82 Å². The second kappa shape index (κ2) is 7.40. The highest BCUT2D eigenvalue weighted by Crippen LogP contribution is 2.29. The van der Waals surface area contributed by atoms with Gasteiger partial charge in [0.25, 0.3) is 5.91 Å². The van der Waals surface area contributed by atoms with Crippen molar-refractivity contribution in [3.05, 3.63) is 72.6 Å². The number of nitrogens with one attached hydrogen (secondary N) is 1. The van der Waals surface area contributed by atoms with Crippen molar-refractivity contribution in [2.45, 2.75) is 25.9 Å². The van der Waals surface area contributed by atoms with Gasteiger partial charge in [-0.05, 0) is 43.5 Å². The van der Waals surface area contributed by atoms with Gasteiger partial charge in [0.05, 0.1) is 29.2 Å². The standard InChI is InChI=1S/C23H22FN5O/c1-15-8-16(14-29(15)23(30)19-4-2-3-5-20(19)24)13-28-7-6-17-9-21(25-12-22(17)28)18-10-26-27-11-18/h2-7,9-12,15-16H,8,13-14H2,1H3,(H,26,27)/t15-,16+/m1/s1. The van der Waals surface area contributed by atoms with E-state index in [9.17, 15) is 9.18 Å². The fourth-order valence-electron chi connectivity index (χ4n) is 4.42. The number of H-pyrrole nitrogens is 1. The Morgan fingerprint density at radius 3 is 2.93 bits per heavy atom. The van der Waals surface area contributed by atoms with Crippen LogP contribution in [0.15, 0.2) is 61.2 Å². The number of carbonyl (C=O) groups excluding carboxylic acids is 1. The zero-order valence-corrected chi connectivity index (χ0v) is 16.6. The molecule has 1 saturated heterocycles. The molecule has 1 amide bonds. The van der Waals surface area contributed by atoms with Crippen LogP contribution in [0.4, 0.5) is 4.39 Å². The minimum absolute atomic E-state index is 0.0785. The van der Waals surface area contributed by atoms with E-state index in [2.05, 4.69) is 38.1 Å². The normalized spacial score (nSPS) is 18.9. The maximum Gasteiger partial charge on any atom is 0.257 e. The molecule has 4 aromatic rings. The Balaban J connectivity index is 1.33. The van der Waals surface area contributed by atoms with Gasteiger partial charge in [-0.2, -0.15) is 5.10 Å². The van der Waals surface area contributed by atoms with Gasteiger partial charge >= 0.3 is 0 Å². The number of aromatic amines is 1. The molecule has 152 valence electrons. The molecule has 0 radical (unpaired) electrons. The van der Waals surface area contributed by atoms with Crippen LogP contribution < -0.4 is 0 Å². The zero-order chi connectivity index (χ0) is 20.7. The van der Waals surface area contributed by atoms with Crippen LogP contribution in [0.3, 0.4) is 0 Å². The average molecular weight is 403 g/mol. The summed E-state index contributed by atoms with van der Waals surface area (Å²) < 4.78 is 16.3. The summed E-state index contributed by atoms with van der Waals surface area (Å²) in [5.74, 6) is -0.388. The topological polar surface area (TPSA) is 66.8 Å². The van der Waals surface area contributed by atoms with E-state index < -0.39 is 5.82 Å². The number of halogens is 1. The number of aromatic nitrogens is 4. The van der Waals surface area contributed by atoms with Crippen molar-refractivity contribution in [2.75, 3.05) is 6.54 Å². The third kappa shape index (κ3) is 3.26. The van der Waals surface area contributed by atoms with Crippen LogP contribution in [-0.2, 0) is 6.54 Å². The summed E-state index contributed by atoms with van der Waals surface area (Å²) in [7, 11) is 0. The molecule has 3 aromatic heterocycles. The van der Waals surface area contributed by atoms with Gasteiger partial charge in [-0.3, -0.25) is 14.9 Å². The first-order chi connectivity index (χ1) is 14.6. The Hall–Kier alpha value is -3.48. The van der Waals surface area contributed by atoms with Crippen molar-refractivity contribution in [3.8, 4) is 11.3 Å². The molecular formula is C23H22FN5O. The summed E-state index contributed by atoms with van der Waals surface area (Å²) in [4.78, 5) is 19.2. The molecule has 5 rings (SSSR count). The number of benzene rings is 1. The van der Waals surface area contributed by atoms with Gasteiger partial charge in [-0.1, -0.05) is 12.1 Å². The lowest BCUT2D eigenvalue weighted by atomic mass is 10.1. The maximum atomic E-state index is 14.1. The Kier molecular flexibility index (Phi) is 4.58. The third-order valence-electron chi connectivity index (χ3n) is 5.93. The van der Waals surface area contributed by atoms with E-state index >= 15 is 0 Å². The second-order valence-corrected chi connectivity index (χ2v) is 7.97. The molecule has 1 fully saturated rings. The molecule has 1 aliphatic heterocycles. The molecule has 30 heavy (non-hydrogen) atoms. The molecule has 2 atom stereocenters. The lowest BCUT2D eigenvalue weighted by Crippen LogP contribution is -2.34. The van der Waals surface area contributed by atoms with Gasteiger partial charge in [0, 0.05) is 42.5 Å². The highest BCUT2D eigenvalue weighted by atomic mass is 19.1. The van der Waals surface area contributed by atoms with Crippen molar-refractivity contribution < 1.29 is 9.18 Å². The van der Waals surface area contributed by atoms with E-state index in [1.54, 1.807) is 29.3 Å². The number of amides is 1. The van der Waals surface area contributed by atoms with Crippen molar-refractivity contribution in [1.82, 2.24) is 24.6 Å². The van der Waals surface area contributed by atoms with E-state index in [0.29, 0.717) is 12.5 Å². The quantitative estimate of drug-likeness (QED) is 0.557. The van der Waals surface area contributed by atoms with Crippen LogP contribution in [0.1, 0.15) is 23.7 Å². The number of hydrogen-bond donors (Lipinski definition) is 1. The summed E-state index contributed by atoms with van der Waals surface area (Å²) >= 11 is 0. The van der Waals surface area contributed by atoms with Crippen molar-refractivity contribution in [3.63, 3.8) is 0 Å². The molecular weight excluding hydrogens is 381 g/mol. The smallest absolute Gasteiger partial charge is 0.257 e. The Labute approximate surface area is 173 Å². The summed E-state index contributed by atoms with van der Waals surface area (Å²) in [5.41, 5.74) is 3.04. The summed E-state index contributed by atoms with van der Waals surface area (Å²) in [5, 5.41) is 7.91. The lowest BCUT2D eigenvalue weighted by molar-refractivity contribution is 0.0737. The van der Waals surface area contributed by atoms with Crippen LogP contribution in [0.25, 0.3) is 22.2 Å². The molecule has 0 aliphatic carbocycles. The summed E-state index contributed by atoms with van der Waals surface area (Å²) in [6.07, 6.45) is 8.43. The monoisotopic (exact) mass is 403 g/mol. The van der Waals surface area contributed by atoms with Crippen LogP contribution >= 0.6 is 0 Å². The molecule has 1 aliphatic rings. The Morgan fingerprint density at radius 1 is 1.27 bits per heavy atom. The molecule has 0 spiro atoms. The predicted octanol–water partition coefficient (Wildman–Crippen LogP) is 4.12. The first-order valence-corrected chi connectivity index (χ1v) is 10.1. The summed E-state index contributed by atoms with van der Waals surface area (Å²) in [6, 6.07) is 10.4. The molecule has 0 saturated carbocycles. The van der Waals surface area contributed by atoms with E-state index in [-0.39, 0.29) is 17.5 Å². The number of fused-ring (bicyclic) bond motifs is 1. The highest BCUT2D eigenvalue weighted by molar-refractivity contribution is 5.94. The van der Waals surface area contributed by atoms with Crippen LogP contribution in [-0.4, -0.2) is 43.1 Å². The number of carbonyl (C=O) groups is 1. The number of rotatable bonds is 4. The van der Waals surface area contributed by atoms with Crippen molar-refractivity contribution >= 4 is 16.8 Å². The van der Waals surface area contributed by atoms with Gasteiger partial charge < -0.3 is 9.47 Å². The van der Waals surface area contributed by atoms with Gasteiger partial charge in [0.2, 0.25) is 0 Å². The molecule has 1 N–H and O–H groups in total. The lowest BCUT2D eigenvalue weighted by Gasteiger charge is -2.22. The summed E-state index contributed by atoms with van der Waals surface area (Å²) in [6.45, 7) is 3.45. The van der Waals surface area contributed by atoms with E-state index in [1.165, 1.54) is 6.07 Å². The molecule has 1 aromatic carbocycles. The van der Waals surface area contributed by atoms with E-state index in [4.69, 9.17) is 0 Å². The average Bonchev–Trinajstić information content (AvgIpc) is 3.48. The minimum atomic E-state index is -0.464. The molecule has 6 nitrogen and oxygen atoms in total. The SMILES string of the molecule is C[C@@H]1C[C@@H](Cn2ccc3cc(-c4cn[nH]c4)ncc32)CN1C(=O)c1ccccc1F. The van der Waals surface area contributed by atoms with Gasteiger partial charge in [-0.25, -0.2) is 4.39 Å². The van der Waals surface area contributed by atoms with Gasteiger partial charge in [0.15, 0.2) is 0 Å². The fraction of sp³-hybridized carbons (Fsp3) is 0.261. The van der Waals surface area contributed by atoms with Crippen LogP contribution in [0, 0.1) is 11.7 Å². The Morgan fingerprint density at radius 2 is 2.13 bits per heavy atom. The minimum Gasteiger partial charge on any atom is -0.346 e. The molecule has 0 bridgehead atoms. The first-order valence-electron chi connectivity index (χ1n) is 10.1. The van der Waals surface area contributed by atoms with Crippen LogP contribution in [0.5, 0.6) is 0 Å². The number of hydrogen-bond acceptors (Lipinski definition) is 3. The van der Waals surface area contributed by atoms with Crippen LogP contribution in [0.2, 0.25) is 0 Å². The van der Waals surface area contributed by atoms with E-state index in [1.807, 2.05) is 19.3 Å². The highest BCUT2D eigenvalue weighted by Gasteiger charge is 2.34. The fourth-order valence-corrected chi connectivity index (χ4v) is 4.42. The molecule has 0 unspecified atom stereocenters. The number of likely N-dealkylation sites (tertiary alicyclic amines) is 1. The van der Waals surface area contributed by atoms with Crippen molar-refractivity contribution in [2.24, 2.45) is 5.92 Å². The first kappa shape index (κ1) is 18.5. The zero-order valence-electron chi connectivity index (χ0n) is 16.6. The van der Waals surface area contributed by atoms with E-state index in [0.717, 1.165) is 35.1 Å². The number of pyridine rings is 1. The maximum absolute atomic E-state index is 14.1. The number of nitrogens with zero attached hydrogens (tertiary/aromatic N) is 4. The predicted molar refractivity (Wildman–Crippen MR) is 112 cm³/mol. The van der Waals surface area contributed by atoms with Gasteiger partial charge in [-0.15, -0.1) is 0 Å². The van der Waals surface area contributed by atoms with Crippen molar-refractivity contribution in [1.29, 1.82) is 0 Å².